The Morgan fingerprint density at radius 1 is 1.02 bits per heavy atom. The predicted octanol–water partition coefficient (Wildman–Crippen LogP) is 7.34. The van der Waals surface area contributed by atoms with E-state index in [1.54, 1.807) is 37.4 Å². The maximum atomic E-state index is 14.5. The van der Waals surface area contributed by atoms with E-state index < -0.39 is 11.6 Å². The van der Waals surface area contributed by atoms with Gasteiger partial charge < -0.3 is 24.6 Å². The number of methoxy groups -OCH3 is 1. The summed E-state index contributed by atoms with van der Waals surface area (Å²) < 4.78 is 18.6. The van der Waals surface area contributed by atoms with Gasteiger partial charge in [0.1, 0.15) is 11.5 Å². The number of rotatable bonds is 12. The summed E-state index contributed by atoms with van der Waals surface area (Å²) in [5.41, 5.74) is 1.49. The molecule has 4 aromatic carbocycles. The number of carbonyl (C=O) groups excluding carboxylic acids is 1. The fraction of sp³-hybridized carbons (Fsp3) is 0.235. The molecule has 228 valence electrons. The van der Waals surface area contributed by atoms with Gasteiger partial charge in [0.05, 0.1) is 13.7 Å². The summed E-state index contributed by atoms with van der Waals surface area (Å²) in [6, 6.07) is 27.6. The second-order valence-electron chi connectivity index (χ2n) is 10.2. The maximum absolute atomic E-state index is 14.5. The molecule has 0 spiro atoms. The third kappa shape index (κ3) is 7.05. The molecule has 0 radical (unpaired) electrons. The third-order valence-electron chi connectivity index (χ3n) is 7.32. The summed E-state index contributed by atoms with van der Waals surface area (Å²) in [6.07, 6.45) is -0.142. The highest BCUT2D eigenvalue weighted by molar-refractivity contribution is 9.10. The lowest BCUT2D eigenvalue weighted by Gasteiger charge is -2.31. The van der Waals surface area contributed by atoms with E-state index in [0.717, 1.165) is 15.6 Å². The number of benzene rings is 4. The Balaban J connectivity index is 1.59. The van der Waals surface area contributed by atoms with Crippen LogP contribution in [-0.2, 0) is 22.5 Å². The number of aliphatic hydroxyl groups is 1. The van der Waals surface area contributed by atoms with Crippen LogP contribution in [0.3, 0.4) is 0 Å². The van der Waals surface area contributed by atoms with Crippen molar-refractivity contribution in [3.8, 4) is 11.5 Å². The van der Waals surface area contributed by atoms with Crippen LogP contribution in [0.4, 0.5) is 0 Å². The average molecular weight is 698 g/mol. The summed E-state index contributed by atoms with van der Waals surface area (Å²) in [5.74, 6) is 1.27. The van der Waals surface area contributed by atoms with Crippen LogP contribution in [0.5, 0.6) is 11.5 Å². The van der Waals surface area contributed by atoms with Crippen LogP contribution in [0, 0.1) is 0 Å². The summed E-state index contributed by atoms with van der Waals surface area (Å²) in [6.45, 7) is 0.661. The molecule has 10 heteroatoms. The summed E-state index contributed by atoms with van der Waals surface area (Å²) >= 11 is 16.7. The molecule has 0 aromatic heterocycles. The molecule has 5 rings (SSSR count). The Kier molecular flexibility index (Phi) is 10.5. The van der Waals surface area contributed by atoms with Crippen molar-refractivity contribution in [1.82, 2.24) is 5.32 Å². The van der Waals surface area contributed by atoms with Gasteiger partial charge in [0.15, 0.2) is 11.6 Å². The number of ether oxygens (including phenoxy) is 3. The van der Waals surface area contributed by atoms with Crippen LogP contribution < -0.4 is 14.8 Å². The van der Waals surface area contributed by atoms with Gasteiger partial charge in [0, 0.05) is 57.2 Å². The van der Waals surface area contributed by atoms with Gasteiger partial charge in [0.2, 0.25) is 5.90 Å². The number of aliphatic imine (C=N–C) groups is 1. The number of hydrogen-bond acceptors (Lipinski definition) is 6. The van der Waals surface area contributed by atoms with Crippen molar-refractivity contribution >= 4 is 50.9 Å². The van der Waals surface area contributed by atoms with Crippen LogP contribution in [0.2, 0.25) is 10.0 Å². The van der Waals surface area contributed by atoms with Gasteiger partial charge in [-0.2, -0.15) is 0 Å². The lowest BCUT2D eigenvalue weighted by Crippen LogP contribution is -2.49. The first-order valence-corrected chi connectivity index (χ1v) is 15.6. The largest absolute Gasteiger partial charge is 0.496 e. The predicted molar refractivity (Wildman–Crippen MR) is 176 cm³/mol. The normalized spacial score (nSPS) is 17.5. The third-order valence-corrected chi connectivity index (χ3v) is 8.66. The standard InChI is InChI=1S/C34H31BrCl2N2O5/c1-42-30-10-5-3-8-24(30)21-38-33(41)34(20-23-7-2-4-9-28(23)35)31(27-16-13-25(36)19-29(27)37)44-32(39-34)22-11-14-26(15-12-22)43-18-6-17-40/h2-5,7-16,19,31,40H,6,17-18,20-21H2,1H3,(H,38,41)/t31-,34-/m1/s1. The topological polar surface area (TPSA) is 89.4 Å². The van der Waals surface area contributed by atoms with Crippen LogP contribution in [-0.4, -0.2) is 42.8 Å². The van der Waals surface area contributed by atoms with E-state index in [4.69, 9.17) is 47.5 Å². The zero-order valence-electron chi connectivity index (χ0n) is 23.9. The number of amides is 1. The van der Waals surface area contributed by atoms with Crippen molar-refractivity contribution in [2.75, 3.05) is 20.3 Å². The lowest BCUT2D eigenvalue weighted by atomic mass is 9.82. The van der Waals surface area contributed by atoms with Crippen LogP contribution in [0.15, 0.2) is 100 Å². The maximum Gasteiger partial charge on any atom is 0.252 e. The van der Waals surface area contributed by atoms with E-state index in [0.29, 0.717) is 51.6 Å². The lowest BCUT2D eigenvalue weighted by molar-refractivity contribution is -0.129. The number of aliphatic hydroxyl groups excluding tert-OH is 1. The van der Waals surface area contributed by atoms with E-state index >= 15 is 0 Å². The molecular formula is C34H31BrCl2N2O5. The molecule has 2 atom stereocenters. The Morgan fingerprint density at radius 3 is 2.45 bits per heavy atom. The van der Waals surface area contributed by atoms with Gasteiger partial charge in [-0.3, -0.25) is 4.79 Å². The Hall–Kier alpha value is -3.56. The fourth-order valence-electron chi connectivity index (χ4n) is 5.08. The van der Waals surface area contributed by atoms with E-state index in [2.05, 4.69) is 21.2 Å². The van der Waals surface area contributed by atoms with Crippen LogP contribution in [0.25, 0.3) is 0 Å². The summed E-state index contributed by atoms with van der Waals surface area (Å²) in [4.78, 5) is 19.6. The van der Waals surface area contributed by atoms with Gasteiger partial charge in [-0.25, -0.2) is 4.99 Å². The molecule has 2 N–H and O–H groups in total. The number of carbonyl (C=O) groups is 1. The Labute approximate surface area is 274 Å². The van der Waals surface area contributed by atoms with Crippen molar-refractivity contribution in [3.05, 3.63) is 128 Å². The van der Waals surface area contributed by atoms with Crippen molar-refractivity contribution in [2.24, 2.45) is 4.99 Å². The quantitative estimate of drug-likeness (QED) is 0.151. The number of nitrogens with one attached hydrogen (secondary N) is 1. The highest BCUT2D eigenvalue weighted by atomic mass is 79.9. The van der Waals surface area contributed by atoms with Crippen molar-refractivity contribution < 1.29 is 24.1 Å². The molecule has 0 fully saturated rings. The summed E-state index contributed by atoms with van der Waals surface area (Å²) in [7, 11) is 1.60. The number of hydrogen-bond donors (Lipinski definition) is 2. The smallest absolute Gasteiger partial charge is 0.252 e. The monoisotopic (exact) mass is 696 g/mol. The zero-order valence-corrected chi connectivity index (χ0v) is 27.0. The Bertz CT molecular complexity index is 1650. The molecule has 1 aliphatic heterocycles. The number of para-hydroxylation sites is 1. The van der Waals surface area contributed by atoms with Gasteiger partial charge in [-0.15, -0.1) is 0 Å². The Morgan fingerprint density at radius 2 is 1.75 bits per heavy atom. The van der Waals surface area contributed by atoms with Gasteiger partial charge >= 0.3 is 0 Å². The first kappa shape index (κ1) is 31.9. The fourth-order valence-corrected chi connectivity index (χ4v) is 6.02. The molecule has 0 unspecified atom stereocenters. The molecule has 7 nitrogen and oxygen atoms in total. The molecule has 44 heavy (non-hydrogen) atoms. The minimum atomic E-state index is -1.45. The molecule has 0 saturated carbocycles. The zero-order chi connectivity index (χ0) is 31.1. The van der Waals surface area contributed by atoms with E-state index in [1.807, 2.05) is 60.7 Å². The molecule has 1 amide bonds. The number of nitrogens with zero attached hydrogens (tertiary/aromatic N) is 1. The number of halogens is 3. The highest BCUT2D eigenvalue weighted by Gasteiger charge is 2.54. The van der Waals surface area contributed by atoms with Gasteiger partial charge in [0.25, 0.3) is 5.91 Å². The van der Waals surface area contributed by atoms with E-state index in [-0.39, 0.29) is 25.5 Å². The van der Waals surface area contributed by atoms with Crippen molar-refractivity contribution in [3.63, 3.8) is 0 Å². The van der Waals surface area contributed by atoms with Crippen molar-refractivity contribution in [1.29, 1.82) is 0 Å². The van der Waals surface area contributed by atoms with E-state index in [9.17, 15) is 4.79 Å². The minimum absolute atomic E-state index is 0.0517. The average Bonchev–Trinajstić information content (AvgIpc) is 3.41. The second-order valence-corrected chi connectivity index (χ2v) is 11.9. The SMILES string of the molecule is COc1ccccc1CNC(=O)[C@]1(Cc2ccccc2Br)N=C(c2ccc(OCCCO)cc2)O[C@@H]1c1ccc(Cl)cc1Cl. The highest BCUT2D eigenvalue weighted by Crippen LogP contribution is 2.45. The van der Waals surface area contributed by atoms with Gasteiger partial charge in [-0.1, -0.05) is 81.6 Å². The molecule has 1 aliphatic rings. The minimum Gasteiger partial charge on any atom is -0.496 e. The first-order chi connectivity index (χ1) is 21.3. The van der Waals surface area contributed by atoms with Crippen molar-refractivity contribution in [2.45, 2.75) is 31.0 Å². The van der Waals surface area contributed by atoms with Crippen LogP contribution >= 0.6 is 39.1 Å². The molecule has 0 bridgehead atoms. The molecule has 1 heterocycles. The second kappa shape index (κ2) is 14.5. The molecule has 0 saturated heterocycles. The van der Waals surface area contributed by atoms with Gasteiger partial charge in [-0.05, 0) is 54.1 Å². The van der Waals surface area contributed by atoms with Crippen LogP contribution in [0.1, 0.15) is 34.8 Å². The van der Waals surface area contributed by atoms with E-state index in [1.165, 1.54) is 0 Å². The summed E-state index contributed by atoms with van der Waals surface area (Å²) in [5, 5.41) is 13.0. The first-order valence-electron chi connectivity index (χ1n) is 14.0. The molecule has 4 aromatic rings. The molecule has 0 aliphatic carbocycles. The molecular weight excluding hydrogens is 667 g/mol.